The Morgan fingerprint density at radius 3 is 2.54 bits per heavy atom. The number of carbonyl (C=O) groups excluding carboxylic acids is 1. The Morgan fingerprint density at radius 1 is 1.04 bits per heavy atom. The number of aromatic amines is 1. The highest BCUT2D eigenvalue weighted by molar-refractivity contribution is 5.85. The van der Waals surface area contributed by atoms with Gasteiger partial charge in [-0.25, -0.2) is 0 Å². The zero-order valence-electron chi connectivity index (χ0n) is 15.3. The number of rotatable bonds is 10. The second kappa shape index (κ2) is 9.73. The molecule has 1 heterocycles. The molecule has 2 N–H and O–H groups in total. The molecular formula is C21H22F2N2O3. The van der Waals surface area contributed by atoms with Crippen LogP contribution >= 0.6 is 0 Å². The standard InChI is InChI=1S/C21H22F2N2O3/c22-20(23)21(26)24-10-9-15-14-25-19-8-7-17(13-18(15)19)28-12-4-11-27-16-5-2-1-3-6-16/h1-3,5-8,13-14,20,25H,4,9-12H2,(H,24,26). The molecule has 0 aliphatic carbocycles. The Hall–Kier alpha value is -3.09. The Bertz CT molecular complexity index is 897. The van der Waals surface area contributed by atoms with Gasteiger partial charge >= 0.3 is 6.43 Å². The second-order valence-corrected chi connectivity index (χ2v) is 6.23. The van der Waals surface area contributed by atoms with Crippen LogP contribution in [-0.4, -0.2) is 37.1 Å². The summed E-state index contributed by atoms with van der Waals surface area (Å²) in [6.45, 7) is 1.23. The minimum Gasteiger partial charge on any atom is -0.493 e. The van der Waals surface area contributed by atoms with Crippen LogP contribution in [0, 0.1) is 0 Å². The van der Waals surface area contributed by atoms with Crippen molar-refractivity contribution in [3.05, 3.63) is 60.3 Å². The molecule has 5 nitrogen and oxygen atoms in total. The maximum absolute atomic E-state index is 12.2. The topological polar surface area (TPSA) is 63.4 Å². The number of H-pyrrole nitrogens is 1. The van der Waals surface area contributed by atoms with E-state index >= 15 is 0 Å². The number of ether oxygens (including phenoxy) is 2. The molecule has 7 heteroatoms. The zero-order valence-corrected chi connectivity index (χ0v) is 15.3. The van der Waals surface area contributed by atoms with E-state index in [0.29, 0.717) is 19.6 Å². The molecule has 0 radical (unpaired) electrons. The van der Waals surface area contributed by atoms with Crippen LogP contribution < -0.4 is 14.8 Å². The summed E-state index contributed by atoms with van der Waals surface area (Å²) >= 11 is 0. The number of alkyl halides is 2. The number of nitrogens with one attached hydrogen (secondary N) is 2. The summed E-state index contributed by atoms with van der Waals surface area (Å²) in [5.74, 6) is 0.311. The second-order valence-electron chi connectivity index (χ2n) is 6.23. The van der Waals surface area contributed by atoms with Crippen LogP contribution in [0.4, 0.5) is 8.78 Å². The molecule has 0 unspecified atom stereocenters. The molecule has 148 valence electrons. The van der Waals surface area contributed by atoms with Gasteiger partial charge in [0.1, 0.15) is 11.5 Å². The van der Waals surface area contributed by atoms with Crippen molar-refractivity contribution >= 4 is 16.8 Å². The Labute approximate surface area is 161 Å². The first-order chi connectivity index (χ1) is 13.6. The molecule has 3 aromatic rings. The molecule has 0 saturated carbocycles. The molecule has 1 aromatic heterocycles. The van der Waals surface area contributed by atoms with E-state index in [1.807, 2.05) is 54.7 Å². The predicted octanol–water partition coefficient (Wildman–Crippen LogP) is 3.94. The van der Waals surface area contributed by atoms with Gasteiger partial charge in [0.15, 0.2) is 0 Å². The van der Waals surface area contributed by atoms with Gasteiger partial charge in [-0.2, -0.15) is 8.78 Å². The van der Waals surface area contributed by atoms with Gasteiger partial charge in [0.05, 0.1) is 13.2 Å². The van der Waals surface area contributed by atoms with Gasteiger partial charge in [0, 0.05) is 30.1 Å². The van der Waals surface area contributed by atoms with Gasteiger partial charge in [0.2, 0.25) is 0 Å². The van der Waals surface area contributed by atoms with E-state index in [1.54, 1.807) is 0 Å². The molecule has 0 atom stereocenters. The lowest BCUT2D eigenvalue weighted by Crippen LogP contribution is -2.31. The molecule has 0 bridgehead atoms. The summed E-state index contributed by atoms with van der Waals surface area (Å²) in [4.78, 5) is 14.1. The van der Waals surface area contributed by atoms with E-state index in [1.165, 1.54) is 0 Å². The van der Waals surface area contributed by atoms with Crippen LogP contribution in [0.15, 0.2) is 54.7 Å². The van der Waals surface area contributed by atoms with Crippen molar-refractivity contribution in [1.29, 1.82) is 0 Å². The molecule has 0 aliphatic rings. The number of hydrogen-bond donors (Lipinski definition) is 2. The number of aromatic nitrogens is 1. The summed E-state index contributed by atoms with van der Waals surface area (Å²) in [6, 6.07) is 15.3. The van der Waals surface area contributed by atoms with E-state index in [-0.39, 0.29) is 6.54 Å². The van der Waals surface area contributed by atoms with E-state index < -0.39 is 12.3 Å². The first-order valence-electron chi connectivity index (χ1n) is 9.10. The van der Waals surface area contributed by atoms with Crippen molar-refractivity contribution in [1.82, 2.24) is 10.3 Å². The Balaban J connectivity index is 1.48. The van der Waals surface area contributed by atoms with Gasteiger partial charge in [0.25, 0.3) is 5.91 Å². The lowest BCUT2D eigenvalue weighted by molar-refractivity contribution is -0.131. The predicted molar refractivity (Wildman–Crippen MR) is 103 cm³/mol. The first kappa shape index (κ1) is 19.7. The summed E-state index contributed by atoms with van der Waals surface area (Å²) in [6.07, 6.45) is 0.0182. The van der Waals surface area contributed by atoms with E-state index in [0.717, 1.165) is 34.4 Å². The highest BCUT2D eigenvalue weighted by Crippen LogP contribution is 2.24. The Kier molecular flexibility index (Phi) is 6.84. The minimum atomic E-state index is -2.99. The van der Waals surface area contributed by atoms with Gasteiger partial charge in [-0.1, -0.05) is 18.2 Å². The van der Waals surface area contributed by atoms with Crippen LogP contribution in [0.25, 0.3) is 10.9 Å². The van der Waals surface area contributed by atoms with Crippen LogP contribution in [0.2, 0.25) is 0 Å². The smallest absolute Gasteiger partial charge is 0.315 e. The quantitative estimate of drug-likeness (QED) is 0.517. The maximum Gasteiger partial charge on any atom is 0.315 e. The largest absolute Gasteiger partial charge is 0.493 e. The maximum atomic E-state index is 12.2. The van der Waals surface area contributed by atoms with Crippen LogP contribution in [0.5, 0.6) is 11.5 Å². The van der Waals surface area contributed by atoms with E-state index in [4.69, 9.17) is 9.47 Å². The van der Waals surface area contributed by atoms with Crippen molar-refractivity contribution < 1.29 is 23.0 Å². The molecule has 0 fully saturated rings. The third-order valence-electron chi connectivity index (χ3n) is 4.20. The number of hydrogen-bond acceptors (Lipinski definition) is 3. The number of carbonyl (C=O) groups is 1. The minimum absolute atomic E-state index is 0.151. The number of halogens is 2. The van der Waals surface area contributed by atoms with Crippen LogP contribution in [0.3, 0.4) is 0 Å². The lowest BCUT2D eigenvalue weighted by atomic mass is 10.1. The summed E-state index contributed by atoms with van der Waals surface area (Å²) in [5.41, 5.74) is 1.86. The van der Waals surface area contributed by atoms with Gasteiger partial charge < -0.3 is 19.8 Å². The van der Waals surface area contributed by atoms with Gasteiger partial charge in [-0.15, -0.1) is 0 Å². The average molecular weight is 388 g/mol. The summed E-state index contributed by atoms with van der Waals surface area (Å²) < 4.78 is 35.9. The molecule has 28 heavy (non-hydrogen) atoms. The monoisotopic (exact) mass is 388 g/mol. The fraction of sp³-hybridized carbons (Fsp3) is 0.286. The third kappa shape index (κ3) is 5.45. The highest BCUT2D eigenvalue weighted by atomic mass is 19.3. The van der Waals surface area contributed by atoms with E-state index in [2.05, 4.69) is 10.3 Å². The van der Waals surface area contributed by atoms with Crippen molar-refractivity contribution in [3.8, 4) is 11.5 Å². The Morgan fingerprint density at radius 2 is 1.79 bits per heavy atom. The molecule has 2 aromatic carbocycles. The molecular weight excluding hydrogens is 366 g/mol. The molecule has 1 amide bonds. The third-order valence-corrected chi connectivity index (χ3v) is 4.20. The number of amides is 1. The summed E-state index contributed by atoms with van der Waals surface area (Å²) in [7, 11) is 0. The van der Waals surface area contributed by atoms with Crippen molar-refractivity contribution in [2.24, 2.45) is 0 Å². The molecule has 0 spiro atoms. The average Bonchev–Trinajstić information content (AvgIpc) is 3.10. The van der Waals surface area contributed by atoms with Crippen LogP contribution in [-0.2, 0) is 11.2 Å². The van der Waals surface area contributed by atoms with Crippen molar-refractivity contribution in [2.75, 3.05) is 19.8 Å². The number of fused-ring (bicyclic) bond motifs is 1. The number of para-hydroxylation sites is 1. The summed E-state index contributed by atoms with van der Waals surface area (Å²) in [5, 5.41) is 3.16. The molecule has 3 rings (SSSR count). The normalized spacial score (nSPS) is 11.0. The molecule has 0 saturated heterocycles. The number of benzene rings is 2. The SMILES string of the molecule is O=C(NCCc1c[nH]c2ccc(OCCCOc3ccccc3)cc12)C(F)F. The van der Waals surface area contributed by atoms with Crippen LogP contribution in [0.1, 0.15) is 12.0 Å². The highest BCUT2D eigenvalue weighted by Gasteiger charge is 2.14. The fourth-order valence-corrected chi connectivity index (χ4v) is 2.81. The van der Waals surface area contributed by atoms with Crippen molar-refractivity contribution in [2.45, 2.75) is 19.3 Å². The fourth-order valence-electron chi connectivity index (χ4n) is 2.81. The van der Waals surface area contributed by atoms with Gasteiger partial charge in [-0.05, 0) is 42.3 Å². The zero-order chi connectivity index (χ0) is 19.8. The van der Waals surface area contributed by atoms with E-state index in [9.17, 15) is 13.6 Å². The van der Waals surface area contributed by atoms with Crippen molar-refractivity contribution in [3.63, 3.8) is 0 Å². The molecule has 0 aliphatic heterocycles. The lowest BCUT2D eigenvalue weighted by Gasteiger charge is -2.09. The first-order valence-corrected chi connectivity index (χ1v) is 9.10. The van der Waals surface area contributed by atoms with Gasteiger partial charge in [-0.3, -0.25) is 4.79 Å².